The van der Waals surface area contributed by atoms with Gasteiger partial charge in [-0.05, 0) is 29.7 Å². The highest BCUT2D eigenvalue weighted by Gasteiger charge is 2.21. The Morgan fingerprint density at radius 1 is 1.00 bits per heavy atom. The van der Waals surface area contributed by atoms with Gasteiger partial charge in [-0.1, -0.05) is 36.4 Å². The second-order valence-corrected chi connectivity index (χ2v) is 3.75. The van der Waals surface area contributed by atoms with Crippen LogP contribution in [0.4, 0.5) is 0 Å². The molecule has 1 radical (unpaired) electrons. The third-order valence-corrected chi connectivity index (χ3v) is 2.84. The summed E-state index contributed by atoms with van der Waals surface area (Å²) in [7, 11) is 0. The zero-order valence-electron chi connectivity index (χ0n) is 8.16. The quantitative estimate of drug-likeness (QED) is 0.536. The predicted octanol–water partition coefficient (Wildman–Crippen LogP) is 2.62. The average molecular weight is 193 g/mol. The minimum Gasteiger partial charge on any atom is -0.289 e. The van der Waals surface area contributed by atoms with Gasteiger partial charge in [0.15, 0.2) is 5.78 Å². The summed E-state index contributed by atoms with van der Waals surface area (Å²) in [6, 6.07) is 16.4. The van der Waals surface area contributed by atoms with Crippen molar-refractivity contribution in [2.75, 3.05) is 0 Å². The van der Waals surface area contributed by atoms with Crippen molar-refractivity contribution in [2.24, 2.45) is 0 Å². The van der Waals surface area contributed by atoms with Crippen LogP contribution in [0.15, 0.2) is 42.5 Å². The number of rotatable bonds is 0. The van der Waals surface area contributed by atoms with Gasteiger partial charge in [0.25, 0.3) is 0 Å². The molecule has 0 aromatic heterocycles. The lowest BCUT2D eigenvalue weighted by molar-refractivity contribution is 0.103. The van der Waals surface area contributed by atoms with Gasteiger partial charge in [0.1, 0.15) is 0 Å². The summed E-state index contributed by atoms with van der Waals surface area (Å²) < 4.78 is 0. The van der Waals surface area contributed by atoms with Crippen molar-refractivity contribution >= 4 is 5.78 Å². The number of ketones is 1. The normalized spacial score (nSPS) is 13.2. The third kappa shape index (κ3) is 1.20. The molecule has 1 aliphatic rings. The van der Waals surface area contributed by atoms with E-state index in [-0.39, 0.29) is 5.78 Å². The molecule has 15 heavy (non-hydrogen) atoms. The van der Waals surface area contributed by atoms with Gasteiger partial charge in [-0.25, -0.2) is 0 Å². The van der Waals surface area contributed by atoms with Crippen molar-refractivity contribution in [1.82, 2.24) is 0 Å². The summed E-state index contributed by atoms with van der Waals surface area (Å²) in [5.41, 5.74) is 3.87. The first kappa shape index (κ1) is 8.42. The van der Waals surface area contributed by atoms with Crippen molar-refractivity contribution in [3.8, 4) is 0 Å². The molecule has 0 amide bonds. The van der Waals surface area contributed by atoms with E-state index >= 15 is 0 Å². The molecule has 0 saturated carbocycles. The largest absolute Gasteiger partial charge is 0.289 e. The Morgan fingerprint density at radius 3 is 2.73 bits per heavy atom. The fraction of sp³-hybridized carbons (Fsp3) is 0.0714. The molecule has 0 bridgehead atoms. The molecule has 0 unspecified atom stereocenters. The van der Waals surface area contributed by atoms with Crippen LogP contribution >= 0.6 is 0 Å². The van der Waals surface area contributed by atoms with Crippen LogP contribution in [0, 0.1) is 6.07 Å². The molecule has 2 aromatic carbocycles. The Balaban J connectivity index is 2.24. The second kappa shape index (κ2) is 3.06. The van der Waals surface area contributed by atoms with Crippen LogP contribution in [-0.4, -0.2) is 5.78 Å². The lowest BCUT2D eigenvalue weighted by Gasteiger charge is -2.17. The molecule has 0 spiro atoms. The highest BCUT2D eigenvalue weighted by molar-refractivity contribution is 6.12. The summed E-state index contributed by atoms with van der Waals surface area (Å²) in [6.07, 6.45) is 0.853. The van der Waals surface area contributed by atoms with E-state index < -0.39 is 0 Å². The fourth-order valence-electron chi connectivity index (χ4n) is 2.07. The lowest BCUT2D eigenvalue weighted by atomic mass is 9.85. The van der Waals surface area contributed by atoms with Gasteiger partial charge in [0, 0.05) is 11.1 Å². The monoisotopic (exact) mass is 193 g/mol. The highest BCUT2D eigenvalue weighted by Crippen LogP contribution is 2.26. The SMILES string of the molecule is O=C1c2c[c]ccc2Cc2ccccc21. The van der Waals surface area contributed by atoms with Gasteiger partial charge in [0.2, 0.25) is 0 Å². The number of hydrogen-bond acceptors (Lipinski definition) is 1. The van der Waals surface area contributed by atoms with Crippen LogP contribution in [0.25, 0.3) is 0 Å². The zero-order chi connectivity index (χ0) is 10.3. The molecule has 0 aliphatic heterocycles. The fourth-order valence-corrected chi connectivity index (χ4v) is 2.07. The van der Waals surface area contributed by atoms with E-state index in [9.17, 15) is 4.79 Å². The maximum atomic E-state index is 12.1. The first-order valence-corrected chi connectivity index (χ1v) is 4.98. The molecule has 71 valence electrons. The smallest absolute Gasteiger partial charge is 0.193 e. The highest BCUT2D eigenvalue weighted by atomic mass is 16.1. The van der Waals surface area contributed by atoms with E-state index in [1.165, 1.54) is 0 Å². The van der Waals surface area contributed by atoms with Crippen molar-refractivity contribution in [3.63, 3.8) is 0 Å². The van der Waals surface area contributed by atoms with Gasteiger partial charge < -0.3 is 0 Å². The van der Waals surface area contributed by atoms with Crippen molar-refractivity contribution in [1.29, 1.82) is 0 Å². The molecule has 0 heterocycles. The third-order valence-electron chi connectivity index (χ3n) is 2.84. The number of benzene rings is 2. The van der Waals surface area contributed by atoms with Gasteiger partial charge in [-0.3, -0.25) is 4.79 Å². The maximum absolute atomic E-state index is 12.1. The van der Waals surface area contributed by atoms with Crippen molar-refractivity contribution < 1.29 is 4.79 Å². The molecule has 3 rings (SSSR count). The maximum Gasteiger partial charge on any atom is 0.193 e. The predicted molar refractivity (Wildman–Crippen MR) is 58.0 cm³/mol. The number of fused-ring (bicyclic) bond motifs is 2. The van der Waals surface area contributed by atoms with Crippen LogP contribution in [0.2, 0.25) is 0 Å². The Bertz CT molecular complexity index is 493. The molecule has 1 aliphatic carbocycles. The van der Waals surface area contributed by atoms with Gasteiger partial charge in [-0.15, -0.1) is 0 Å². The van der Waals surface area contributed by atoms with E-state index in [2.05, 4.69) is 6.07 Å². The van der Waals surface area contributed by atoms with Crippen molar-refractivity contribution in [2.45, 2.75) is 6.42 Å². The van der Waals surface area contributed by atoms with Gasteiger partial charge in [0.05, 0.1) is 0 Å². The number of hydrogen-bond donors (Lipinski definition) is 0. The Morgan fingerprint density at radius 2 is 1.80 bits per heavy atom. The van der Waals surface area contributed by atoms with Crippen molar-refractivity contribution in [3.05, 3.63) is 70.8 Å². The minimum atomic E-state index is 0.128. The van der Waals surface area contributed by atoms with Crippen LogP contribution in [0.5, 0.6) is 0 Å². The summed E-state index contributed by atoms with van der Waals surface area (Å²) in [5, 5.41) is 0. The van der Waals surface area contributed by atoms with Crippen LogP contribution in [0.1, 0.15) is 27.0 Å². The van der Waals surface area contributed by atoms with Gasteiger partial charge in [-0.2, -0.15) is 0 Å². The summed E-state index contributed by atoms with van der Waals surface area (Å²) >= 11 is 0. The standard InChI is InChI=1S/C14H9O/c15-14-12-7-3-1-5-10(12)9-11-6-2-4-8-13(11)14/h1-3,5-8H,9H2. The van der Waals surface area contributed by atoms with E-state index in [0.717, 1.165) is 28.7 Å². The number of carbonyl (C=O) groups excluding carboxylic acids is 1. The molecule has 0 N–H and O–H groups in total. The second-order valence-electron chi connectivity index (χ2n) is 3.75. The topological polar surface area (TPSA) is 17.1 Å². The molecule has 1 nitrogen and oxygen atoms in total. The number of carbonyl (C=O) groups is 1. The van der Waals surface area contributed by atoms with Crippen LogP contribution in [0.3, 0.4) is 0 Å². The minimum absolute atomic E-state index is 0.128. The van der Waals surface area contributed by atoms with E-state index in [1.54, 1.807) is 6.07 Å². The molecular weight excluding hydrogens is 184 g/mol. The Hall–Kier alpha value is -1.89. The van der Waals surface area contributed by atoms with E-state index in [1.807, 2.05) is 36.4 Å². The zero-order valence-corrected chi connectivity index (χ0v) is 8.16. The summed E-state index contributed by atoms with van der Waals surface area (Å²) in [4.78, 5) is 12.1. The first-order chi connectivity index (χ1) is 7.36. The summed E-state index contributed by atoms with van der Waals surface area (Å²) in [5.74, 6) is 0.128. The molecule has 1 heteroatoms. The van der Waals surface area contributed by atoms with Gasteiger partial charge >= 0.3 is 0 Å². The first-order valence-electron chi connectivity index (χ1n) is 4.98. The molecular formula is C14H9O. The lowest BCUT2D eigenvalue weighted by Crippen LogP contribution is -2.14. The van der Waals surface area contributed by atoms with Crippen LogP contribution < -0.4 is 0 Å². The average Bonchev–Trinajstić information content (AvgIpc) is 2.30. The van der Waals surface area contributed by atoms with Crippen LogP contribution in [-0.2, 0) is 6.42 Å². The molecule has 2 aromatic rings. The van der Waals surface area contributed by atoms with E-state index in [4.69, 9.17) is 0 Å². The summed E-state index contributed by atoms with van der Waals surface area (Å²) in [6.45, 7) is 0. The van der Waals surface area contributed by atoms with E-state index in [0.29, 0.717) is 0 Å². The Kier molecular flexibility index (Phi) is 1.72. The molecule has 0 fully saturated rings. The molecule has 0 saturated heterocycles. The molecule has 0 atom stereocenters. The Labute approximate surface area is 88.4 Å².